The summed E-state index contributed by atoms with van der Waals surface area (Å²) in [6.07, 6.45) is -0.654. The fourth-order valence-corrected chi connectivity index (χ4v) is 6.37. The van der Waals surface area contributed by atoms with Crippen LogP contribution in [0, 0.1) is 5.92 Å². The van der Waals surface area contributed by atoms with E-state index in [2.05, 4.69) is 21.3 Å². The molecule has 0 saturated carbocycles. The van der Waals surface area contributed by atoms with Gasteiger partial charge in [0.2, 0.25) is 11.8 Å². The molecule has 16 heteroatoms. The van der Waals surface area contributed by atoms with E-state index in [1.807, 2.05) is 48.5 Å². The molecule has 0 radical (unpaired) electrons. The van der Waals surface area contributed by atoms with Crippen molar-refractivity contribution in [2.24, 2.45) is 11.7 Å². The molecule has 2 atom stereocenters. The summed E-state index contributed by atoms with van der Waals surface area (Å²) in [7, 11) is -4.53. The molecule has 7 N–H and O–H groups in total. The number of carbonyl (C=O) groups is 4. The average molecular weight is 732 g/mol. The van der Waals surface area contributed by atoms with Gasteiger partial charge in [-0.05, 0) is 70.7 Å². The molecule has 14 nitrogen and oxygen atoms in total. The molecule has 0 aromatic heterocycles. The number of hydrogen-bond donors (Lipinski definition) is 6. The Hall–Kier alpha value is -3.99. The first-order valence-electron chi connectivity index (χ1n) is 16.2. The number of nitrogens with one attached hydrogen (secondary N) is 4. The van der Waals surface area contributed by atoms with Crippen LogP contribution in [0.3, 0.4) is 0 Å². The van der Waals surface area contributed by atoms with Crippen LogP contribution in [0.5, 0.6) is 0 Å². The number of aliphatic hydroxyl groups is 1. The molecule has 0 spiro atoms. The second-order valence-corrected chi connectivity index (χ2v) is 13.9. The van der Waals surface area contributed by atoms with Crippen LogP contribution in [-0.2, 0) is 37.5 Å². The number of hydrogen-bond acceptors (Lipinski definition) is 9. The molecule has 51 heavy (non-hydrogen) atoms. The van der Waals surface area contributed by atoms with Gasteiger partial charge >= 0.3 is 41.7 Å². The van der Waals surface area contributed by atoms with E-state index in [0.29, 0.717) is 11.1 Å². The van der Waals surface area contributed by atoms with Crippen LogP contribution >= 0.6 is 0 Å². The molecule has 0 heterocycles. The second-order valence-electron chi connectivity index (χ2n) is 12.3. The van der Waals surface area contributed by atoms with Crippen LogP contribution in [0.1, 0.15) is 54.9 Å². The third-order valence-corrected chi connectivity index (χ3v) is 9.14. The fourth-order valence-electron chi connectivity index (χ4n) is 5.91. The third kappa shape index (κ3) is 11.8. The van der Waals surface area contributed by atoms with Gasteiger partial charge in [-0.1, -0.05) is 68.4 Å². The maximum Gasteiger partial charge on any atom is 1.00 e. The Balaban J connectivity index is 0.00000702. The first kappa shape index (κ1) is 41.4. The Bertz CT molecular complexity index is 1780. The summed E-state index contributed by atoms with van der Waals surface area (Å²) in [5, 5.41) is 20.1. The number of aryl methyl sites for hydroxylation is 1. The number of benzene rings is 3. The molecular formula is C35H42N5NaO9S. The second kappa shape index (κ2) is 19.0. The maximum atomic E-state index is 13.6. The predicted octanol–water partition coefficient (Wildman–Crippen LogP) is -0.294. The number of rotatable bonds is 16. The molecule has 4 rings (SSSR count). The monoisotopic (exact) mass is 731 g/mol. The van der Waals surface area contributed by atoms with Crippen molar-refractivity contribution in [1.82, 2.24) is 16.0 Å². The predicted molar refractivity (Wildman–Crippen MR) is 185 cm³/mol. The number of fused-ring (bicyclic) bond motifs is 3. The van der Waals surface area contributed by atoms with Gasteiger partial charge in [0.25, 0.3) is 0 Å². The van der Waals surface area contributed by atoms with Gasteiger partial charge in [-0.15, -0.1) is 0 Å². The van der Waals surface area contributed by atoms with Crippen molar-refractivity contribution in [3.05, 3.63) is 89.0 Å². The van der Waals surface area contributed by atoms with Crippen LogP contribution in [0.4, 0.5) is 15.3 Å². The van der Waals surface area contributed by atoms with E-state index in [0.717, 1.165) is 22.3 Å². The number of amides is 5. The SMILES string of the molecule is CC(C)[C@H](NC(=O)OCC1c2ccccc2-c2ccccc21)C(=O)N[C@@H](CCCNC(N)=O)C(=O)Nc1ccc(CO)c(CCS(=O)(=O)[O-])c1.[Na+]. The molecule has 3 aromatic rings. The minimum absolute atomic E-state index is 0. The summed E-state index contributed by atoms with van der Waals surface area (Å²) in [5.41, 5.74) is 10.3. The standard InChI is InChI=1S/C35H43N5O9S.Na/c1-21(2)31(40-35(45)49-20-29-27-10-5-3-8-25(27)26-9-4-6-11-28(26)29)33(43)39-30(12-7-16-37-34(36)44)32(42)38-24-14-13-23(19-41)22(18-24)15-17-50(46,47)48;/h3-6,8-11,13-14,18,21,29-31,41H,7,12,15-17,19-20H2,1-2H3,(H,38,42)(H,39,43)(H,40,45)(H3,36,37,44)(H,46,47,48);/q;+1/p-1/t30-,31-;/m0./s1. The Morgan fingerprint density at radius 3 is 2.12 bits per heavy atom. The molecule has 268 valence electrons. The summed E-state index contributed by atoms with van der Waals surface area (Å²) < 4.78 is 39.2. The fraction of sp³-hybridized carbons (Fsp3) is 0.371. The molecule has 3 aromatic carbocycles. The van der Waals surface area contributed by atoms with Gasteiger partial charge in [0.15, 0.2) is 0 Å². The topological polar surface area (TPSA) is 229 Å². The molecular weight excluding hydrogens is 689 g/mol. The van der Waals surface area contributed by atoms with Crippen LogP contribution in [0.25, 0.3) is 11.1 Å². The minimum Gasteiger partial charge on any atom is -0.748 e. The summed E-state index contributed by atoms with van der Waals surface area (Å²) >= 11 is 0. The summed E-state index contributed by atoms with van der Waals surface area (Å²) in [4.78, 5) is 51.3. The normalized spacial score (nSPS) is 13.2. The zero-order valence-corrected chi connectivity index (χ0v) is 31.6. The maximum absolute atomic E-state index is 13.6. The van der Waals surface area contributed by atoms with Crippen LogP contribution < -0.4 is 56.6 Å². The molecule has 5 amide bonds. The van der Waals surface area contributed by atoms with Crippen LogP contribution in [0.15, 0.2) is 66.7 Å². The number of nitrogens with two attached hydrogens (primary N) is 1. The molecule has 1 aliphatic carbocycles. The van der Waals surface area contributed by atoms with Crippen molar-refractivity contribution in [2.45, 2.75) is 57.7 Å². The average Bonchev–Trinajstić information content (AvgIpc) is 3.39. The van der Waals surface area contributed by atoms with Crippen molar-refractivity contribution >= 4 is 39.7 Å². The first-order valence-corrected chi connectivity index (χ1v) is 17.8. The van der Waals surface area contributed by atoms with Crippen LogP contribution in [-0.4, -0.2) is 73.0 Å². The minimum atomic E-state index is -4.53. The smallest absolute Gasteiger partial charge is 0.748 e. The van der Waals surface area contributed by atoms with Crippen molar-refractivity contribution in [1.29, 1.82) is 0 Å². The van der Waals surface area contributed by atoms with E-state index in [4.69, 9.17) is 10.5 Å². The van der Waals surface area contributed by atoms with Crippen LogP contribution in [0.2, 0.25) is 0 Å². The number of primary amides is 1. The van der Waals surface area contributed by atoms with Gasteiger partial charge in [0.1, 0.15) is 18.7 Å². The number of aliphatic hydroxyl groups excluding tert-OH is 1. The number of alkyl carbamates (subject to hydrolysis) is 1. The van der Waals surface area contributed by atoms with Gasteiger partial charge in [-0.3, -0.25) is 9.59 Å². The van der Waals surface area contributed by atoms with Gasteiger partial charge < -0.3 is 41.4 Å². The van der Waals surface area contributed by atoms with Crippen molar-refractivity contribution in [2.75, 3.05) is 24.2 Å². The van der Waals surface area contributed by atoms with E-state index >= 15 is 0 Å². The number of urea groups is 1. The van der Waals surface area contributed by atoms with E-state index in [9.17, 15) is 37.3 Å². The number of anilines is 1. The third-order valence-electron chi connectivity index (χ3n) is 8.43. The number of carbonyl (C=O) groups excluding carboxylic acids is 4. The largest absolute Gasteiger partial charge is 1.00 e. The number of ether oxygens (including phenoxy) is 1. The van der Waals surface area contributed by atoms with E-state index in [-0.39, 0.29) is 73.6 Å². The van der Waals surface area contributed by atoms with Crippen molar-refractivity contribution in [3.8, 4) is 11.1 Å². The Morgan fingerprint density at radius 1 is 0.922 bits per heavy atom. The molecule has 0 bridgehead atoms. The quantitative estimate of drug-likeness (QED) is 0.0645. The van der Waals surface area contributed by atoms with Crippen molar-refractivity contribution in [3.63, 3.8) is 0 Å². The summed E-state index contributed by atoms with van der Waals surface area (Å²) in [5.74, 6) is -2.57. The molecule has 0 fully saturated rings. The first-order chi connectivity index (χ1) is 23.8. The summed E-state index contributed by atoms with van der Waals surface area (Å²) in [6, 6.07) is 17.3. The van der Waals surface area contributed by atoms with Gasteiger partial charge in [-0.25, -0.2) is 18.0 Å². The molecule has 0 unspecified atom stereocenters. The van der Waals surface area contributed by atoms with E-state index < -0.39 is 64.4 Å². The van der Waals surface area contributed by atoms with Gasteiger partial charge in [0, 0.05) is 23.9 Å². The van der Waals surface area contributed by atoms with E-state index in [1.165, 1.54) is 18.2 Å². The van der Waals surface area contributed by atoms with Gasteiger partial charge in [-0.2, -0.15) is 0 Å². The molecule has 1 aliphatic rings. The molecule has 0 saturated heterocycles. The Morgan fingerprint density at radius 2 is 1.55 bits per heavy atom. The zero-order chi connectivity index (χ0) is 36.4. The Kier molecular flexibility index (Phi) is 15.4. The van der Waals surface area contributed by atoms with E-state index in [1.54, 1.807) is 13.8 Å². The Labute approximate surface area is 319 Å². The summed E-state index contributed by atoms with van der Waals surface area (Å²) in [6.45, 7) is 3.21. The van der Waals surface area contributed by atoms with Crippen molar-refractivity contribution < 1.29 is 71.5 Å². The van der Waals surface area contributed by atoms with Gasteiger partial charge in [0.05, 0.1) is 16.7 Å². The molecule has 0 aliphatic heterocycles. The zero-order valence-electron chi connectivity index (χ0n) is 28.8.